The standard InChI is InChI=1S/C27H27N3O3/c1-3-4-16-33-27(32)21-6-5-7-22(17-21)30-24(20-12-14-28-15-13-20)23-11-10-19-9-8-18(2)29-25(19)26(23)31/h5-15,17,24,30-31H,3-4,16H2,1-2H3. The maximum absolute atomic E-state index is 12.4. The van der Waals surface area contributed by atoms with Crippen molar-refractivity contribution in [2.75, 3.05) is 11.9 Å². The largest absolute Gasteiger partial charge is 0.505 e. The zero-order valence-corrected chi connectivity index (χ0v) is 18.8. The number of nitrogens with one attached hydrogen (secondary N) is 1. The maximum atomic E-state index is 12.4. The van der Waals surface area contributed by atoms with Crippen molar-refractivity contribution in [3.8, 4) is 5.75 Å². The van der Waals surface area contributed by atoms with Crippen molar-refractivity contribution < 1.29 is 14.6 Å². The van der Waals surface area contributed by atoms with Crippen LogP contribution in [0.2, 0.25) is 0 Å². The molecule has 0 saturated heterocycles. The number of anilines is 1. The highest BCUT2D eigenvalue weighted by Crippen LogP contribution is 2.36. The number of carbonyl (C=O) groups excluding carboxylic acids is 1. The van der Waals surface area contributed by atoms with Crippen LogP contribution < -0.4 is 5.32 Å². The van der Waals surface area contributed by atoms with Crippen molar-refractivity contribution in [2.24, 2.45) is 0 Å². The third-order valence-corrected chi connectivity index (χ3v) is 5.50. The summed E-state index contributed by atoms with van der Waals surface area (Å²) in [6.07, 6.45) is 5.23. The topological polar surface area (TPSA) is 84.3 Å². The first-order valence-corrected chi connectivity index (χ1v) is 11.1. The molecule has 0 amide bonds. The average molecular weight is 442 g/mol. The van der Waals surface area contributed by atoms with E-state index in [4.69, 9.17) is 4.74 Å². The van der Waals surface area contributed by atoms with Gasteiger partial charge in [0.25, 0.3) is 0 Å². The number of aromatic hydroxyl groups is 1. The molecule has 2 heterocycles. The zero-order valence-electron chi connectivity index (χ0n) is 18.8. The average Bonchev–Trinajstić information content (AvgIpc) is 2.84. The van der Waals surface area contributed by atoms with Gasteiger partial charge in [0, 0.05) is 34.7 Å². The Bertz CT molecular complexity index is 1260. The lowest BCUT2D eigenvalue weighted by Crippen LogP contribution is -2.14. The number of ether oxygens (including phenoxy) is 1. The van der Waals surface area contributed by atoms with Crippen LogP contribution in [0.5, 0.6) is 5.75 Å². The van der Waals surface area contributed by atoms with Gasteiger partial charge in [0.15, 0.2) is 0 Å². The Balaban J connectivity index is 1.71. The van der Waals surface area contributed by atoms with Crippen molar-refractivity contribution in [3.63, 3.8) is 0 Å². The highest BCUT2D eigenvalue weighted by atomic mass is 16.5. The summed E-state index contributed by atoms with van der Waals surface area (Å²) in [6.45, 7) is 4.36. The van der Waals surface area contributed by atoms with E-state index >= 15 is 0 Å². The molecule has 0 spiro atoms. The monoisotopic (exact) mass is 441 g/mol. The quantitative estimate of drug-likeness (QED) is 0.265. The number of rotatable bonds is 8. The smallest absolute Gasteiger partial charge is 0.338 e. The van der Waals surface area contributed by atoms with E-state index in [9.17, 15) is 9.90 Å². The number of pyridine rings is 2. The van der Waals surface area contributed by atoms with Gasteiger partial charge < -0.3 is 15.2 Å². The second-order valence-corrected chi connectivity index (χ2v) is 7.96. The molecule has 0 fully saturated rings. The van der Waals surface area contributed by atoms with E-state index in [1.54, 1.807) is 24.5 Å². The van der Waals surface area contributed by atoms with Gasteiger partial charge in [-0.2, -0.15) is 0 Å². The van der Waals surface area contributed by atoms with Crippen LogP contribution in [0.25, 0.3) is 10.9 Å². The number of unbranched alkanes of at least 4 members (excludes halogenated alkanes) is 1. The molecule has 2 aromatic carbocycles. The molecule has 2 N–H and O–H groups in total. The van der Waals surface area contributed by atoms with Crippen LogP contribution in [0.1, 0.15) is 53.0 Å². The Morgan fingerprint density at radius 3 is 2.67 bits per heavy atom. The van der Waals surface area contributed by atoms with E-state index in [0.717, 1.165) is 35.2 Å². The predicted molar refractivity (Wildman–Crippen MR) is 129 cm³/mol. The minimum Gasteiger partial charge on any atom is -0.505 e. The first-order chi connectivity index (χ1) is 16.1. The number of esters is 1. The van der Waals surface area contributed by atoms with E-state index in [-0.39, 0.29) is 17.8 Å². The molecule has 168 valence electrons. The molecule has 1 unspecified atom stereocenters. The van der Waals surface area contributed by atoms with Gasteiger partial charge in [-0.25, -0.2) is 9.78 Å². The lowest BCUT2D eigenvalue weighted by Gasteiger charge is -2.23. The van der Waals surface area contributed by atoms with Gasteiger partial charge in [-0.05, 0) is 55.3 Å². The van der Waals surface area contributed by atoms with Crippen LogP contribution in [0.4, 0.5) is 5.69 Å². The Hall–Kier alpha value is -3.93. The predicted octanol–water partition coefficient (Wildman–Crippen LogP) is 5.80. The SMILES string of the molecule is CCCCOC(=O)c1cccc(NC(c2ccncc2)c2ccc3ccc(C)nc3c2O)c1. The van der Waals surface area contributed by atoms with Crippen LogP contribution in [0.3, 0.4) is 0 Å². The van der Waals surface area contributed by atoms with E-state index in [0.29, 0.717) is 23.3 Å². The summed E-state index contributed by atoms with van der Waals surface area (Å²) >= 11 is 0. The summed E-state index contributed by atoms with van der Waals surface area (Å²) in [5, 5.41) is 15.5. The summed E-state index contributed by atoms with van der Waals surface area (Å²) in [5.41, 5.74) is 4.20. The first-order valence-electron chi connectivity index (χ1n) is 11.1. The summed E-state index contributed by atoms with van der Waals surface area (Å²) in [5.74, 6) is -0.221. The van der Waals surface area contributed by atoms with Crippen molar-refractivity contribution in [1.82, 2.24) is 9.97 Å². The van der Waals surface area contributed by atoms with Gasteiger partial charge in [0.05, 0.1) is 18.2 Å². The highest BCUT2D eigenvalue weighted by molar-refractivity contribution is 5.90. The second kappa shape index (κ2) is 10.1. The molecule has 4 aromatic rings. The number of fused-ring (bicyclic) bond motifs is 1. The number of aromatic nitrogens is 2. The van der Waals surface area contributed by atoms with Crippen molar-refractivity contribution in [3.05, 3.63) is 95.4 Å². The minimum atomic E-state index is -0.383. The molecule has 33 heavy (non-hydrogen) atoms. The number of aryl methyl sites for hydroxylation is 1. The highest BCUT2D eigenvalue weighted by Gasteiger charge is 2.21. The molecule has 0 saturated carbocycles. The Morgan fingerprint density at radius 2 is 1.88 bits per heavy atom. The Kier molecular flexibility index (Phi) is 6.83. The van der Waals surface area contributed by atoms with Gasteiger partial charge in [-0.15, -0.1) is 0 Å². The number of nitrogens with zero attached hydrogens (tertiary/aromatic N) is 2. The fourth-order valence-electron chi connectivity index (χ4n) is 3.71. The van der Waals surface area contributed by atoms with E-state index in [1.165, 1.54) is 0 Å². The molecule has 6 heteroatoms. The van der Waals surface area contributed by atoms with E-state index < -0.39 is 0 Å². The van der Waals surface area contributed by atoms with Crippen LogP contribution in [0.15, 0.2) is 73.1 Å². The van der Waals surface area contributed by atoms with Gasteiger partial charge in [0.1, 0.15) is 11.3 Å². The Labute approximate surface area is 193 Å². The van der Waals surface area contributed by atoms with E-state index in [2.05, 4.69) is 22.2 Å². The van der Waals surface area contributed by atoms with Crippen molar-refractivity contribution in [2.45, 2.75) is 32.7 Å². The van der Waals surface area contributed by atoms with Crippen LogP contribution >= 0.6 is 0 Å². The molecular weight excluding hydrogens is 414 g/mol. The van der Waals surface area contributed by atoms with Gasteiger partial charge in [-0.3, -0.25) is 4.98 Å². The number of benzene rings is 2. The summed E-state index contributed by atoms with van der Waals surface area (Å²) in [7, 11) is 0. The van der Waals surface area contributed by atoms with Gasteiger partial charge in [-0.1, -0.05) is 37.6 Å². The molecule has 0 radical (unpaired) electrons. The molecule has 0 bridgehead atoms. The zero-order chi connectivity index (χ0) is 23.2. The third-order valence-electron chi connectivity index (χ3n) is 5.50. The fourth-order valence-corrected chi connectivity index (χ4v) is 3.71. The number of carbonyl (C=O) groups is 1. The summed E-state index contributed by atoms with van der Waals surface area (Å²) in [6, 6.07) is 18.3. The molecular formula is C27H27N3O3. The molecule has 1 atom stereocenters. The van der Waals surface area contributed by atoms with Crippen molar-refractivity contribution in [1.29, 1.82) is 0 Å². The maximum Gasteiger partial charge on any atom is 0.338 e. The van der Waals surface area contributed by atoms with Crippen LogP contribution in [0, 0.1) is 6.92 Å². The molecule has 4 rings (SSSR count). The molecule has 0 aliphatic rings. The van der Waals surface area contributed by atoms with Crippen LogP contribution in [-0.4, -0.2) is 27.7 Å². The number of phenolic OH excluding ortho intramolecular Hbond substituents is 1. The molecule has 0 aliphatic carbocycles. The normalized spacial score (nSPS) is 11.8. The minimum absolute atomic E-state index is 0.126. The number of hydrogen-bond acceptors (Lipinski definition) is 6. The van der Waals surface area contributed by atoms with Gasteiger partial charge in [0.2, 0.25) is 0 Å². The fraction of sp³-hybridized carbons (Fsp3) is 0.222. The lowest BCUT2D eigenvalue weighted by molar-refractivity contribution is 0.0500. The van der Waals surface area contributed by atoms with E-state index in [1.807, 2.05) is 55.5 Å². The molecule has 0 aliphatic heterocycles. The number of hydrogen-bond donors (Lipinski definition) is 2. The van der Waals surface area contributed by atoms with Gasteiger partial charge >= 0.3 is 5.97 Å². The molecule has 6 nitrogen and oxygen atoms in total. The first kappa shape index (κ1) is 22.3. The number of phenols is 1. The second-order valence-electron chi connectivity index (χ2n) is 7.96. The Morgan fingerprint density at radius 1 is 1.09 bits per heavy atom. The van der Waals surface area contributed by atoms with Crippen LogP contribution in [-0.2, 0) is 4.74 Å². The summed E-state index contributed by atoms with van der Waals surface area (Å²) < 4.78 is 5.35. The van der Waals surface area contributed by atoms with Crippen molar-refractivity contribution >= 4 is 22.6 Å². The lowest BCUT2D eigenvalue weighted by atomic mass is 9.96. The summed E-state index contributed by atoms with van der Waals surface area (Å²) in [4.78, 5) is 21.1. The molecule has 2 aromatic heterocycles. The third kappa shape index (κ3) is 5.12.